The van der Waals surface area contributed by atoms with Gasteiger partial charge in [0.1, 0.15) is 6.04 Å². The summed E-state index contributed by atoms with van der Waals surface area (Å²) in [6.07, 6.45) is 4.11. The molecule has 3 amide bonds. The number of hydrogen-bond acceptors (Lipinski definition) is 5. The highest BCUT2D eigenvalue weighted by Gasteiger charge is 2.35. The van der Waals surface area contributed by atoms with Crippen LogP contribution in [0.15, 0.2) is 59.3 Å². The van der Waals surface area contributed by atoms with Crippen LogP contribution >= 0.6 is 22.7 Å². The minimum atomic E-state index is -0.808. The van der Waals surface area contributed by atoms with Gasteiger partial charge >= 0.3 is 0 Å². The molecule has 1 aromatic carbocycles. The Hall–Kier alpha value is -2.97. The summed E-state index contributed by atoms with van der Waals surface area (Å²) in [5.41, 5.74) is 1.54. The molecule has 1 aliphatic carbocycles. The van der Waals surface area contributed by atoms with Crippen LogP contribution < -0.4 is 15.5 Å². The van der Waals surface area contributed by atoms with Crippen molar-refractivity contribution < 1.29 is 14.4 Å². The standard InChI is InChI=1S/C25H27N3O3S2/c1-17-8-2-5-11-19(17)28(22(29)16-26-24(30)21-13-7-15-33-21)23(20-12-6-14-32-20)25(31)27-18-9-3-4-10-18/h2,5-8,11-15,18,23H,3-4,9-10,16H2,1H3,(H,26,30)(H,27,31). The lowest BCUT2D eigenvalue weighted by atomic mass is 10.1. The van der Waals surface area contributed by atoms with Gasteiger partial charge in [-0.2, -0.15) is 0 Å². The average Bonchev–Trinajstić information content (AvgIpc) is 3.59. The van der Waals surface area contributed by atoms with E-state index in [1.807, 2.05) is 54.1 Å². The van der Waals surface area contributed by atoms with Crippen LogP contribution in [0.4, 0.5) is 5.69 Å². The lowest BCUT2D eigenvalue weighted by Gasteiger charge is -2.32. The van der Waals surface area contributed by atoms with E-state index in [1.165, 1.54) is 22.7 Å². The van der Waals surface area contributed by atoms with Gasteiger partial charge in [-0.15, -0.1) is 22.7 Å². The summed E-state index contributed by atoms with van der Waals surface area (Å²) in [7, 11) is 0. The molecule has 0 saturated heterocycles. The van der Waals surface area contributed by atoms with Crippen molar-refractivity contribution in [3.8, 4) is 0 Å². The summed E-state index contributed by atoms with van der Waals surface area (Å²) in [6.45, 7) is 1.71. The molecule has 1 saturated carbocycles. The van der Waals surface area contributed by atoms with E-state index >= 15 is 0 Å². The van der Waals surface area contributed by atoms with Crippen molar-refractivity contribution in [2.45, 2.75) is 44.7 Å². The minimum Gasteiger partial charge on any atom is -0.351 e. The second-order valence-corrected chi connectivity index (χ2v) is 10.0. The lowest BCUT2D eigenvalue weighted by Crippen LogP contribution is -2.49. The number of carbonyl (C=O) groups is 3. The molecule has 3 aromatic rings. The molecule has 33 heavy (non-hydrogen) atoms. The number of aryl methyl sites for hydroxylation is 1. The number of amides is 3. The normalized spacial score (nSPS) is 14.6. The molecule has 1 aliphatic rings. The van der Waals surface area contributed by atoms with Gasteiger partial charge in [-0.3, -0.25) is 19.3 Å². The van der Waals surface area contributed by atoms with E-state index in [0.717, 1.165) is 36.1 Å². The quantitative estimate of drug-likeness (QED) is 0.490. The predicted molar refractivity (Wildman–Crippen MR) is 133 cm³/mol. The summed E-state index contributed by atoms with van der Waals surface area (Å²) in [4.78, 5) is 42.5. The van der Waals surface area contributed by atoms with Crippen LogP contribution in [0.25, 0.3) is 0 Å². The van der Waals surface area contributed by atoms with Crippen molar-refractivity contribution in [3.63, 3.8) is 0 Å². The Morgan fingerprint density at radius 1 is 1.00 bits per heavy atom. The topological polar surface area (TPSA) is 78.5 Å². The monoisotopic (exact) mass is 481 g/mol. The first-order valence-electron chi connectivity index (χ1n) is 11.1. The highest BCUT2D eigenvalue weighted by molar-refractivity contribution is 7.12. The van der Waals surface area contributed by atoms with Gasteiger partial charge in [0.05, 0.1) is 11.4 Å². The number of hydrogen-bond donors (Lipinski definition) is 2. The molecular weight excluding hydrogens is 454 g/mol. The molecule has 172 valence electrons. The second kappa shape index (κ2) is 10.8. The van der Waals surface area contributed by atoms with Crippen LogP contribution in [0, 0.1) is 6.92 Å². The zero-order chi connectivity index (χ0) is 23.2. The molecular formula is C25H27N3O3S2. The molecule has 0 aliphatic heterocycles. The van der Waals surface area contributed by atoms with Gasteiger partial charge in [0.25, 0.3) is 5.91 Å². The highest BCUT2D eigenvalue weighted by atomic mass is 32.1. The summed E-state index contributed by atoms with van der Waals surface area (Å²) in [6, 6.07) is 14.1. The number of nitrogens with zero attached hydrogens (tertiary/aromatic N) is 1. The van der Waals surface area contributed by atoms with Crippen molar-refractivity contribution in [1.29, 1.82) is 0 Å². The highest BCUT2D eigenvalue weighted by Crippen LogP contribution is 2.33. The molecule has 6 nitrogen and oxygen atoms in total. The summed E-state index contributed by atoms with van der Waals surface area (Å²) < 4.78 is 0. The van der Waals surface area contributed by atoms with Crippen molar-refractivity contribution in [3.05, 3.63) is 74.6 Å². The van der Waals surface area contributed by atoms with Crippen LogP contribution in [-0.2, 0) is 9.59 Å². The number of para-hydroxylation sites is 1. The first-order chi connectivity index (χ1) is 16.0. The van der Waals surface area contributed by atoms with Gasteiger partial charge in [-0.1, -0.05) is 43.2 Å². The Morgan fingerprint density at radius 3 is 2.39 bits per heavy atom. The average molecular weight is 482 g/mol. The Balaban J connectivity index is 1.65. The van der Waals surface area contributed by atoms with Crippen molar-refractivity contribution in [2.24, 2.45) is 0 Å². The maximum Gasteiger partial charge on any atom is 0.261 e. The van der Waals surface area contributed by atoms with Crippen LogP contribution in [0.3, 0.4) is 0 Å². The van der Waals surface area contributed by atoms with Crippen molar-refractivity contribution >= 4 is 46.1 Å². The molecule has 4 rings (SSSR count). The lowest BCUT2D eigenvalue weighted by molar-refractivity contribution is -0.126. The van der Waals surface area contributed by atoms with E-state index in [1.54, 1.807) is 17.0 Å². The maximum atomic E-state index is 13.6. The van der Waals surface area contributed by atoms with Crippen molar-refractivity contribution in [2.75, 3.05) is 11.4 Å². The summed E-state index contributed by atoms with van der Waals surface area (Å²) in [5.74, 6) is -0.828. The fraction of sp³-hybridized carbons (Fsp3) is 0.320. The zero-order valence-corrected chi connectivity index (χ0v) is 20.1. The van der Waals surface area contributed by atoms with E-state index in [-0.39, 0.29) is 30.3 Å². The van der Waals surface area contributed by atoms with Gasteiger partial charge in [-0.25, -0.2) is 0 Å². The molecule has 2 aromatic heterocycles. The van der Waals surface area contributed by atoms with E-state index in [0.29, 0.717) is 10.6 Å². The molecule has 0 spiro atoms. The first-order valence-corrected chi connectivity index (χ1v) is 12.8. The Labute approximate surface area is 201 Å². The molecule has 0 bridgehead atoms. The Morgan fingerprint density at radius 2 is 1.73 bits per heavy atom. The largest absolute Gasteiger partial charge is 0.351 e. The molecule has 1 unspecified atom stereocenters. The number of thiophene rings is 2. The van der Waals surface area contributed by atoms with Gasteiger partial charge in [0.2, 0.25) is 11.8 Å². The third kappa shape index (κ3) is 5.51. The third-order valence-electron chi connectivity index (χ3n) is 5.81. The van der Waals surface area contributed by atoms with Gasteiger partial charge < -0.3 is 10.6 Å². The number of carbonyl (C=O) groups excluding carboxylic acids is 3. The Bertz CT molecular complexity index is 1090. The Kier molecular flexibility index (Phi) is 7.57. The second-order valence-electron chi connectivity index (χ2n) is 8.12. The molecule has 2 N–H and O–H groups in total. The number of benzene rings is 1. The van der Waals surface area contributed by atoms with E-state index in [4.69, 9.17) is 0 Å². The van der Waals surface area contributed by atoms with Crippen LogP contribution in [0.5, 0.6) is 0 Å². The third-order valence-corrected chi connectivity index (χ3v) is 7.60. The molecule has 2 heterocycles. The van der Waals surface area contributed by atoms with E-state index < -0.39 is 6.04 Å². The van der Waals surface area contributed by atoms with Crippen LogP contribution in [0.1, 0.15) is 51.8 Å². The van der Waals surface area contributed by atoms with E-state index in [9.17, 15) is 14.4 Å². The molecule has 0 radical (unpaired) electrons. The van der Waals surface area contributed by atoms with Gasteiger partial charge in [0, 0.05) is 16.6 Å². The zero-order valence-electron chi connectivity index (χ0n) is 18.5. The number of anilines is 1. The van der Waals surface area contributed by atoms with Crippen LogP contribution in [0.2, 0.25) is 0 Å². The summed E-state index contributed by atoms with van der Waals surface area (Å²) >= 11 is 2.76. The van der Waals surface area contributed by atoms with E-state index in [2.05, 4.69) is 10.6 Å². The smallest absolute Gasteiger partial charge is 0.261 e. The fourth-order valence-corrected chi connectivity index (χ4v) is 5.61. The maximum absolute atomic E-state index is 13.6. The number of rotatable bonds is 8. The predicted octanol–water partition coefficient (Wildman–Crippen LogP) is 4.68. The van der Waals surface area contributed by atoms with Crippen molar-refractivity contribution in [1.82, 2.24) is 10.6 Å². The van der Waals surface area contributed by atoms with Crippen LogP contribution in [-0.4, -0.2) is 30.3 Å². The molecule has 1 atom stereocenters. The van der Waals surface area contributed by atoms with Gasteiger partial charge in [-0.05, 0) is 54.3 Å². The minimum absolute atomic E-state index is 0.132. The fourth-order valence-electron chi connectivity index (χ4n) is 4.16. The molecule has 1 fully saturated rings. The number of nitrogens with one attached hydrogen (secondary N) is 2. The first kappa shape index (κ1) is 23.2. The van der Waals surface area contributed by atoms with Gasteiger partial charge in [0.15, 0.2) is 0 Å². The summed E-state index contributed by atoms with van der Waals surface area (Å²) in [5, 5.41) is 9.61. The molecule has 8 heteroatoms. The SMILES string of the molecule is Cc1ccccc1N(C(=O)CNC(=O)c1cccs1)C(C(=O)NC1CCCC1)c1cccs1.